The summed E-state index contributed by atoms with van der Waals surface area (Å²) in [6.07, 6.45) is 3.15. The molecular formula is C22H28N4O3. The molecule has 2 amide bonds. The second-order valence-electron chi connectivity index (χ2n) is 6.92. The van der Waals surface area contributed by atoms with E-state index in [-0.39, 0.29) is 18.0 Å². The lowest BCUT2D eigenvalue weighted by molar-refractivity contribution is 0.0976. The minimum atomic E-state index is -0.241. The molecule has 1 aliphatic heterocycles. The quantitative estimate of drug-likeness (QED) is 0.804. The molecule has 1 aromatic carbocycles. The third kappa shape index (κ3) is 5.25. The number of amides is 2. The summed E-state index contributed by atoms with van der Waals surface area (Å²) in [6.45, 7) is 6.07. The number of carbonyl (C=O) groups excluding carboxylic acids is 2. The molecule has 29 heavy (non-hydrogen) atoms. The Bertz CT molecular complexity index is 803. The van der Waals surface area contributed by atoms with E-state index in [1.165, 1.54) is 0 Å². The van der Waals surface area contributed by atoms with E-state index in [1.54, 1.807) is 22.1 Å². The van der Waals surface area contributed by atoms with Crippen molar-refractivity contribution >= 4 is 23.4 Å². The summed E-state index contributed by atoms with van der Waals surface area (Å²) in [5.74, 6) is -0.118. The zero-order valence-corrected chi connectivity index (χ0v) is 17.0. The van der Waals surface area contributed by atoms with E-state index in [0.29, 0.717) is 31.9 Å². The summed E-state index contributed by atoms with van der Waals surface area (Å²) < 4.78 is 5.05. The Kier molecular flexibility index (Phi) is 7.05. The van der Waals surface area contributed by atoms with E-state index in [4.69, 9.17) is 4.74 Å². The zero-order chi connectivity index (χ0) is 20.6. The van der Waals surface area contributed by atoms with Gasteiger partial charge in [-0.1, -0.05) is 18.2 Å². The molecular weight excluding hydrogens is 368 g/mol. The number of hydrogen-bond acceptors (Lipinski definition) is 5. The minimum Gasteiger partial charge on any atom is -0.450 e. The van der Waals surface area contributed by atoms with Gasteiger partial charge in [0.05, 0.1) is 18.5 Å². The number of nitrogens with zero attached hydrogens (tertiary/aromatic N) is 3. The molecule has 1 fully saturated rings. The van der Waals surface area contributed by atoms with Crippen molar-refractivity contribution in [2.45, 2.75) is 32.7 Å². The monoisotopic (exact) mass is 396 g/mol. The van der Waals surface area contributed by atoms with Crippen LogP contribution in [0.4, 0.5) is 16.2 Å². The van der Waals surface area contributed by atoms with Gasteiger partial charge in [0, 0.05) is 31.4 Å². The summed E-state index contributed by atoms with van der Waals surface area (Å²) in [5.41, 5.74) is 2.15. The average Bonchev–Trinajstić information content (AvgIpc) is 2.76. The molecule has 2 aromatic rings. The fourth-order valence-corrected chi connectivity index (χ4v) is 3.45. The molecule has 3 rings (SSSR count). The highest BCUT2D eigenvalue weighted by atomic mass is 16.6. The fourth-order valence-electron chi connectivity index (χ4n) is 3.45. The van der Waals surface area contributed by atoms with Crippen LogP contribution in [0.25, 0.3) is 0 Å². The third-order valence-corrected chi connectivity index (χ3v) is 5.00. The summed E-state index contributed by atoms with van der Waals surface area (Å²) >= 11 is 0. The van der Waals surface area contributed by atoms with Gasteiger partial charge in [0.1, 0.15) is 5.69 Å². The molecule has 1 saturated heterocycles. The molecule has 0 spiro atoms. The Morgan fingerprint density at radius 3 is 2.45 bits per heavy atom. The highest BCUT2D eigenvalue weighted by molar-refractivity contribution is 6.04. The predicted octanol–water partition coefficient (Wildman–Crippen LogP) is 3.78. The standard InChI is InChI=1S/C22H28N4O3/c1-3-26(19-8-6-5-7-9-19)21(27)20-11-10-18(16-23-20)24-17-12-14-25(15-13-17)22(28)29-4-2/h5-11,16-17,24H,3-4,12-15H2,1-2H3. The lowest BCUT2D eigenvalue weighted by Crippen LogP contribution is -2.42. The van der Waals surface area contributed by atoms with E-state index in [1.807, 2.05) is 50.2 Å². The molecule has 1 N–H and O–H groups in total. The SMILES string of the molecule is CCOC(=O)N1CCC(Nc2ccc(C(=O)N(CC)c3ccccc3)nc2)CC1. The maximum absolute atomic E-state index is 12.8. The van der Waals surface area contributed by atoms with Crippen LogP contribution in [0, 0.1) is 0 Å². The minimum absolute atomic E-state index is 0.118. The van der Waals surface area contributed by atoms with Crippen LogP contribution in [0.3, 0.4) is 0 Å². The Hall–Kier alpha value is -3.09. The van der Waals surface area contributed by atoms with Crippen LogP contribution >= 0.6 is 0 Å². The van der Waals surface area contributed by atoms with Gasteiger partial charge in [0.15, 0.2) is 0 Å². The molecule has 0 saturated carbocycles. The smallest absolute Gasteiger partial charge is 0.409 e. The highest BCUT2D eigenvalue weighted by Gasteiger charge is 2.23. The number of aromatic nitrogens is 1. The number of piperidine rings is 1. The van der Waals surface area contributed by atoms with Crippen molar-refractivity contribution in [1.82, 2.24) is 9.88 Å². The number of ether oxygens (including phenoxy) is 1. The average molecular weight is 396 g/mol. The van der Waals surface area contributed by atoms with E-state index in [2.05, 4.69) is 10.3 Å². The molecule has 0 aliphatic carbocycles. The Morgan fingerprint density at radius 1 is 1.14 bits per heavy atom. The van der Waals surface area contributed by atoms with Crippen molar-refractivity contribution < 1.29 is 14.3 Å². The summed E-state index contributed by atoms with van der Waals surface area (Å²) in [6, 6.07) is 13.5. The second kappa shape index (κ2) is 9.91. The maximum Gasteiger partial charge on any atom is 0.409 e. The van der Waals surface area contributed by atoms with Crippen LogP contribution in [0.2, 0.25) is 0 Å². The zero-order valence-electron chi connectivity index (χ0n) is 17.0. The predicted molar refractivity (Wildman–Crippen MR) is 113 cm³/mol. The molecule has 0 radical (unpaired) electrons. The van der Waals surface area contributed by atoms with E-state index in [9.17, 15) is 9.59 Å². The van der Waals surface area contributed by atoms with Crippen LogP contribution in [0.15, 0.2) is 48.7 Å². The lowest BCUT2D eigenvalue weighted by Gasteiger charge is -2.32. The lowest BCUT2D eigenvalue weighted by atomic mass is 10.1. The van der Waals surface area contributed by atoms with Crippen molar-refractivity contribution in [2.24, 2.45) is 0 Å². The first-order valence-corrected chi connectivity index (χ1v) is 10.1. The first-order valence-electron chi connectivity index (χ1n) is 10.1. The first kappa shape index (κ1) is 20.6. The third-order valence-electron chi connectivity index (χ3n) is 5.00. The van der Waals surface area contributed by atoms with E-state index >= 15 is 0 Å². The molecule has 7 nitrogen and oxygen atoms in total. The molecule has 0 atom stereocenters. The van der Waals surface area contributed by atoms with E-state index in [0.717, 1.165) is 24.2 Å². The number of carbonyl (C=O) groups is 2. The number of nitrogens with one attached hydrogen (secondary N) is 1. The van der Waals surface area contributed by atoms with Gasteiger partial charge in [-0.25, -0.2) is 9.78 Å². The number of likely N-dealkylation sites (tertiary alicyclic amines) is 1. The van der Waals surface area contributed by atoms with Crippen LogP contribution in [-0.4, -0.2) is 54.2 Å². The van der Waals surface area contributed by atoms with Crippen molar-refractivity contribution in [3.63, 3.8) is 0 Å². The van der Waals surface area contributed by atoms with Crippen molar-refractivity contribution in [3.8, 4) is 0 Å². The van der Waals surface area contributed by atoms with Crippen molar-refractivity contribution in [1.29, 1.82) is 0 Å². The Morgan fingerprint density at radius 2 is 1.86 bits per heavy atom. The number of pyridine rings is 1. The Labute approximate surface area is 171 Å². The van der Waals surface area contributed by atoms with Gasteiger partial charge in [-0.15, -0.1) is 0 Å². The van der Waals surface area contributed by atoms with Gasteiger partial charge in [0.25, 0.3) is 5.91 Å². The summed E-state index contributed by atoms with van der Waals surface area (Å²) in [5, 5.41) is 3.45. The molecule has 0 unspecified atom stereocenters. The van der Waals surface area contributed by atoms with Gasteiger partial charge >= 0.3 is 6.09 Å². The van der Waals surface area contributed by atoms with Crippen molar-refractivity contribution in [3.05, 3.63) is 54.4 Å². The maximum atomic E-state index is 12.8. The van der Waals surface area contributed by atoms with Crippen LogP contribution in [0.5, 0.6) is 0 Å². The molecule has 7 heteroatoms. The number of rotatable bonds is 6. The molecule has 0 bridgehead atoms. The Balaban J connectivity index is 1.56. The number of benzene rings is 1. The van der Waals surface area contributed by atoms with Gasteiger partial charge < -0.3 is 19.9 Å². The molecule has 154 valence electrons. The molecule has 1 aliphatic rings. The van der Waals surface area contributed by atoms with Crippen LogP contribution < -0.4 is 10.2 Å². The van der Waals surface area contributed by atoms with Crippen molar-refractivity contribution in [2.75, 3.05) is 36.5 Å². The summed E-state index contributed by atoms with van der Waals surface area (Å²) in [7, 11) is 0. The number of anilines is 2. The topological polar surface area (TPSA) is 74.8 Å². The number of hydrogen-bond donors (Lipinski definition) is 1. The van der Waals surface area contributed by atoms with Gasteiger partial charge in [0.2, 0.25) is 0 Å². The van der Waals surface area contributed by atoms with E-state index < -0.39 is 0 Å². The molecule has 2 heterocycles. The van der Waals surface area contributed by atoms with Gasteiger partial charge in [-0.05, 0) is 51.0 Å². The fraction of sp³-hybridized carbons (Fsp3) is 0.409. The van der Waals surface area contributed by atoms with Crippen LogP contribution in [0.1, 0.15) is 37.2 Å². The van der Waals surface area contributed by atoms with Gasteiger partial charge in [-0.2, -0.15) is 0 Å². The second-order valence-corrected chi connectivity index (χ2v) is 6.92. The van der Waals surface area contributed by atoms with Gasteiger partial charge in [-0.3, -0.25) is 4.79 Å². The first-order chi connectivity index (χ1) is 14.1. The summed E-state index contributed by atoms with van der Waals surface area (Å²) in [4.78, 5) is 32.4. The van der Waals surface area contributed by atoms with Crippen LogP contribution in [-0.2, 0) is 4.74 Å². The normalized spacial score (nSPS) is 14.3. The molecule has 1 aromatic heterocycles. The largest absolute Gasteiger partial charge is 0.450 e. The highest BCUT2D eigenvalue weighted by Crippen LogP contribution is 2.19. The number of para-hydroxylation sites is 1.